The molecule has 1 aromatic carbocycles. The molecule has 4 heterocycles. The lowest BCUT2D eigenvalue weighted by Crippen LogP contribution is -2.43. The molecule has 3 N–H and O–H groups in total. The van der Waals surface area contributed by atoms with E-state index >= 15 is 0 Å². The van der Waals surface area contributed by atoms with Crippen molar-refractivity contribution in [3.63, 3.8) is 0 Å². The van der Waals surface area contributed by atoms with Gasteiger partial charge in [-0.15, -0.1) is 0 Å². The normalized spacial score (nSPS) is 14.8. The molecule has 7 heteroatoms. The summed E-state index contributed by atoms with van der Waals surface area (Å²) >= 11 is 0. The summed E-state index contributed by atoms with van der Waals surface area (Å²) in [7, 11) is 0. The number of aryl methyl sites for hydroxylation is 3. The Morgan fingerprint density at radius 1 is 1.03 bits per heavy atom. The average molecular weight is 513 g/mol. The molecule has 1 saturated heterocycles. The quantitative estimate of drug-likeness (QED) is 0.310. The van der Waals surface area contributed by atoms with Gasteiger partial charge in [0.15, 0.2) is 0 Å². The summed E-state index contributed by atoms with van der Waals surface area (Å²) in [5.74, 6) is 1.04. The topological polar surface area (TPSA) is 78.0 Å². The number of aromatic amines is 1. The number of fused-ring (bicyclic) bond motifs is 1. The van der Waals surface area contributed by atoms with Crippen LogP contribution in [0.15, 0.2) is 47.5 Å². The second kappa shape index (κ2) is 11.1. The van der Waals surface area contributed by atoms with Gasteiger partial charge in [-0.3, -0.25) is 4.79 Å². The molecule has 1 fully saturated rings. The van der Waals surface area contributed by atoms with E-state index in [1.165, 1.54) is 27.6 Å². The van der Waals surface area contributed by atoms with Crippen LogP contribution in [0.3, 0.4) is 0 Å². The fraction of sp³-hybridized carbons (Fsp3) is 0.419. The van der Waals surface area contributed by atoms with Crippen LogP contribution in [0.2, 0.25) is 0 Å². The molecule has 1 aliphatic rings. The van der Waals surface area contributed by atoms with E-state index in [0.29, 0.717) is 19.1 Å². The van der Waals surface area contributed by atoms with E-state index in [0.717, 1.165) is 60.8 Å². The van der Waals surface area contributed by atoms with E-state index in [-0.39, 0.29) is 5.56 Å². The zero-order chi connectivity index (χ0) is 26.8. The van der Waals surface area contributed by atoms with Gasteiger partial charge in [0.25, 0.3) is 5.56 Å². The van der Waals surface area contributed by atoms with Crippen molar-refractivity contribution in [2.75, 3.05) is 31.1 Å². The molecule has 0 bridgehead atoms. The van der Waals surface area contributed by atoms with Crippen LogP contribution in [0.4, 0.5) is 5.82 Å². The maximum absolute atomic E-state index is 12.5. The highest BCUT2D eigenvalue weighted by Crippen LogP contribution is 2.33. The molecular formula is C31H40N6O. The van der Waals surface area contributed by atoms with Crippen LogP contribution in [-0.2, 0) is 13.1 Å². The third-order valence-corrected chi connectivity index (χ3v) is 7.90. The Bertz CT molecular complexity index is 1480. The zero-order valence-corrected chi connectivity index (χ0v) is 23.3. The molecule has 1 aliphatic heterocycles. The number of nitrogens with zero attached hydrogens (tertiary/aromatic N) is 3. The monoisotopic (exact) mass is 512 g/mol. The molecule has 3 aromatic heterocycles. The number of piperazine rings is 1. The summed E-state index contributed by atoms with van der Waals surface area (Å²) in [6.45, 7) is 15.8. The summed E-state index contributed by atoms with van der Waals surface area (Å²) in [6, 6.07) is 11.4. The van der Waals surface area contributed by atoms with Gasteiger partial charge < -0.3 is 25.1 Å². The van der Waals surface area contributed by atoms with Gasteiger partial charge in [0.1, 0.15) is 5.82 Å². The Morgan fingerprint density at radius 2 is 1.82 bits per heavy atom. The number of hydrogen-bond donors (Lipinski definition) is 3. The minimum Gasteiger partial charge on any atom is -0.354 e. The van der Waals surface area contributed by atoms with Gasteiger partial charge in [-0.1, -0.05) is 6.92 Å². The highest BCUT2D eigenvalue weighted by molar-refractivity contribution is 5.91. The molecule has 0 saturated carbocycles. The van der Waals surface area contributed by atoms with Gasteiger partial charge in [0.05, 0.1) is 0 Å². The average Bonchev–Trinajstić information content (AvgIpc) is 3.26. The summed E-state index contributed by atoms with van der Waals surface area (Å²) in [5.41, 5.74) is 8.75. The number of aromatic nitrogens is 3. The van der Waals surface area contributed by atoms with E-state index in [4.69, 9.17) is 4.98 Å². The summed E-state index contributed by atoms with van der Waals surface area (Å²) in [4.78, 5) is 22.7. The van der Waals surface area contributed by atoms with Crippen molar-refractivity contribution >= 4 is 16.7 Å². The van der Waals surface area contributed by atoms with E-state index < -0.39 is 0 Å². The third kappa shape index (κ3) is 5.26. The van der Waals surface area contributed by atoms with Crippen LogP contribution >= 0.6 is 0 Å². The lowest BCUT2D eigenvalue weighted by atomic mass is 9.99. The number of pyridine rings is 2. The molecule has 0 unspecified atom stereocenters. The van der Waals surface area contributed by atoms with Crippen LogP contribution in [-0.4, -0.2) is 40.7 Å². The second-order valence-corrected chi connectivity index (χ2v) is 10.7. The molecule has 0 amide bonds. The van der Waals surface area contributed by atoms with Gasteiger partial charge >= 0.3 is 0 Å². The van der Waals surface area contributed by atoms with Crippen LogP contribution < -0.4 is 21.1 Å². The Balaban J connectivity index is 1.49. The minimum absolute atomic E-state index is 0.0105. The summed E-state index contributed by atoms with van der Waals surface area (Å²) < 4.78 is 2.41. The molecular weight excluding hydrogens is 472 g/mol. The molecule has 0 radical (unpaired) electrons. The zero-order valence-electron chi connectivity index (χ0n) is 23.3. The van der Waals surface area contributed by atoms with Gasteiger partial charge in [0, 0.05) is 85.4 Å². The van der Waals surface area contributed by atoms with Crippen LogP contribution in [0, 0.1) is 20.8 Å². The van der Waals surface area contributed by atoms with Crippen molar-refractivity contribution in [2.45, 2.75) is 60.2 Å². The Labute approximate surface area is 225 Å². The number of anilines is 1. The van der Waals surface area contributed by atoms with Gasteiger partial charge in [-0.25, -0.2) is 4.98 Å². The van der Waals surface area contributed by atoms with Gasteiger partial charge in [-0.2, -0.15) is 0 Å². The standard InChI is InChI=1S/C31H40N6O/c1-6-23(5)37-19-21(3)30-26(16-33-18-27-20(2)13-22(4)35-31(27)38)14-25(15-28(30)37)24-7-8-29(34-17-24)36-11-9-32-10-12-36/h7-8,13-15,17,19,23,32-33H,6,9-12,16,18H2,1-5H3,(H,35,38)/t23-/m0/s1. The SMILES string of the molecule is CC[C@H](C)n1cc(C)c2c(CNCc3c(C)cc(C)[nH]c3=O)cc(-c3ccc(N4CCNCC4)nc3)cc21. The number of rotatable bonds is 8. The van der Waals surface area contributed by atoms with E-state index in [9.17, 15) is 4.79 Å². The van der Waals surface area contributed by atoms with E-state index in [2.05, 4.69) is 76.3 Å². The molecule has 200 valence electrons. The van der Waals surface area contributed by atoms with Crippen LogP contribution in [0.1, 0.15) is 54.3 Å². The Morgan fingerprint density at radius 3 is 2.50 bits per heavy atom. The smallest absolute Gasteiger partial charge is 0.252 e. The maximum atomic E-state index is 12.5. The van der Waals surface area contributed by atoms with E-state index in [1.54, 1.807) is 0 Å². The number of benzene rings is 1. The van der Waals surface area contributed by atoms with Gasteiger partial charge in [-0.05, 0) is 86.7 Å². The highest BCUT2D eigenvalue weighted by Gasteiger charge is 2.17. The second-order valence-electron chi connectivity index (χ2n) is 10.7. The molecule has 0 spiro atoms. The Hall–Kier alpha value is -3.42. The molecule has 5 rings (SSSR count). The molecule has 7 nitrogen and oxygen atoms in total. The predicted octanol–water partition coefficient (Wildman–Crippen LogP) is 4.99. The number of H-pyrrole nitrogens is 1. The first kappa shape index (κ1) is 26.2. The minimum atomic E-state index is -0.0105. The predicted molar refractivity (Wildman–Crippen MR) is 157 cm³/mol. The van der Waals surface area contributed by atoms with Crippen LogP contribution in [0.5, 0.6) is 0 Å². The highest BCUT2D eigenvalue weighted by atomic mass is 16.1. The first-order chi connectivity index (χ1) is 18.4. The Kier molecular flexibility index (Phi) is 7.68. The van der Waals surface area contributed by atoms with Crippen molar-refractivity contribution in [1.29, 1.82) is 0 Å². The lowest BCUT2D eigenvalue weighted by Gasteiger charge is -2.28. The molecule has 38 heavy (non-hydrogen) atoms. The van der Waals surface area contributed by atoms with Gasteiger partial charge in [0.2, 0.25) is 0 Å². The summed E-state index contributed by atoms with van der Waals surface area (Å²) in [6.07, 6.45) is 5.36. The van der Waals surface area contributed by atoms with Crippen molar-refractivity contribution in [2.24, 2.45) is 0 Å². The molecule has 1 atom stereocenters. The van der Waals surface area contributed by atoms with Crippen LogP contribution in [0.25, 0.3) is 22.0 Å². The van der Waals surface area contributed by atoms with Crippen molar-refractivity contribution in [1.82, 2.24) is 25.2 Å². The van der Waals surface area contributed by atoms with Crippen molar-refractivity contribution < 1.29 is 0 Å². The van der Waals surface area contributed by atoms with Crippen molar-refractivity contribution in [3.05, 3.63) is 81.0 Å². The lowest BCUT2D eigenvalue weighted by molar-refractivity contribution is 0.547. The fourth-order valence-corrected chi connectivity index (χ4v) is 5.62. The third-order valence-electron chi connectivity index (χ3n) is 7.90. The largest absolute Gasteiger partial charge is 0.354 e. The summed E-state index contributed by atoms with van der Waals surface area (Å²) in [5, 5.41) is 8.26. The van der Waals surface area contributed by atoms with Crippen molar-refractivity contribution in [3.8, 4) is 11.1 Å². The number of nitrogens with one attached hydrogen (secondary N) is 3. The van der Waals surface area contributed by atoms with E-state index in [1.807, 2.05) is 26.1 Å². The maximum Gasteiger partial charge on any atom is 0.252 e. The first-order valence-corrected chi connectivity index (χ1v) is 13.8. The molecule has 0 aliphatic carbocycles. The number of hydrogen-bond acceptors (Lipinski definition) is 5. The fourth-order valence-electron chi connectivity index (χ4n) is 5.62. The first-order valence-electron chi connectivity index (χ1n) is 13.8. The molecule has 4 aromatic rings.